The fourth-order valence-corrected chi connectivity index (χ4v) is 2.25. The van der Waals surface area contributed by atoms with Crippen LogP contribution in [0.4, 0.5) is 4.39 Å². The molecule has 0 aliphatic carbocycles. The highest BCUT2D eigenvalue weighted by molar-refractivity contribution is 6.33. The van der Waals surface area contributed by atoms with Crippen LogP contribution < -0.4 is 0 Å². The lowest BCUT2D eigenvalue weighted by molar-refractivity contribution is -0.0351. The Morgan fingerprint density at radius 1 is 1.50 bits per heavy atom. The highest BCUT2D eigenvalue weighted by Crippen LogP contribution is 2.33. The van der Waals surface area contributed by atoms with E-state index < -0.39 is 18.5 Å². The Morgan fingerprint density at radius 3 is 3.06 bits per heavy atom. The van der Waals surface area contributed by atoms with Crippen molar-refractivity contribution in [3.05, 3.63) is 17.8 Å². The summed E-state index contributed by atoms with van der Waals surface area (Å²) in [6.45, 7) is -0.209. The Kier molecular flexibility index (Phi) is 2.89. The van der Waals surface area contributed by atoms with Gasteiger partial charge in [-0.3, -0.25) is 4.57 Å². The highest BCUT2D eigenvalue weighted by atomic mass is 35.5. The maximum atomic E-state index is 13.9. The molecule has 2 aromatic rings. The first-order valence-corrected chi connectivity index (χ1v) is 5.82. The van der Waals surface area contributed by atoms with Gasteiger partial charge in [0.05, 0.1) is 19.0 Å². The van der Waals surface area contributed by atoms with Crippen molar-refractivity contribution in [2.75, 3.05) is 6.61 Å². The van der Waals surface area contributed by atoms with E-state index in [0.29, 0.717) is 11.2 Å². The summed E-state index contributed by atoms with van der Waals surface area (Å²) in [6.07, 6.45) is 0.308. The van der Waals surface area contributed by atoms with Crippen molar-refractivity contribution in [1.82, 2.24) is 19.5 Å². The van der Waals surface area contributed by atoms with Crippen molar-refractivity contribution in [2.24, 2.45) is 0 Å². The second-order valence-corrected chi connectivity index (χ2v) is 4.43. The maximum absolute atomic E-state index is 13.9. The van der Waals surface area contributed by atoms with Crippen molar-refractivity contribution < 1.29 is 14.2 Å². The van der Waals surface area contributed by atoms with Crippen LogP contribution in [0.3, 0.4) is 0 Å². The molecule has 1 saturated heterocycles. The highest BCUT2D eigenvalue weighted by Gasteiger charge is 2.37. The molecule has 2 aromatic heterocycles. The zero-order chi connectivity index (χ0) is 12.7. The molecule has 0 amide bonds. The average molecular weight is 273 g/mol. The second kappa shape index (κ2) is 4.42. The van der Waals surface area contributed by atoms with Crippen molar-refractivity contribution in [3.63, 3.8) is 0 Å². The number of ether oxygens (including phenoxy) is 1. The molecule has 0 radical (unpaired) electrons. The molecule has 3 rings (SSSR count). The summed E-state index contributed by atoms with van der Waals surface area (Å²) in [5.74, 6) is 0. The lowest BCUT2D eigenvalue weighted by Crippen LogP contribution is -2.16. The van der Waals surface area contributed by atoms with E-state index in [1.165, 1.54) is 17.2 Å². The smallest absolute Gasteiger partial charge is 0.168 e. The van der Waals surface area contributed by atoms with E-state index in [0.717, 1.165) is 0 Å². The molecule has 3 heterocycles. The fourth-order valence-electron chi connectivity index (χ4n) is 2.07. The lowest BCUT2D eigenvalue weighted by Gasteiger charge is -2.15. The molecule has 1 aliphatic heterocycles. The van der Waals surface area contributed by atoms with Crippen LogP contribution >= 0.6 is 11.6 Å². The molecular formula is C10H10ClFN4O2. The number of hydrogen-bond donors (Lipinski definition) is 1. The van der Waals surface area contributed by atoms with Gasteiger partial charge in [-0.25, -0.2) is 19.3 Å². The number of halogens is 2. The third kappa shape index (κ3) is 1.75. The van der Waals surface area contributed by atoms with Crippen LogP contribution in [0.5, 0.6) is 0 Å². The Bertz CT molecular complexity index is 578. The molecule has 1 fully saturated rings. The van der Waals surface area contributed by atoms with Crippen molar-refractivity contribution in [2.45, 2.75) is 24.9 Å². The molecule has 6 nitrogen and oxygen atoms in total. The van der Waals surface area contributed by atoms with E-state index in [1.54, 1.807) is 0 Å². The lowest BCUT2D eigenvalue weighted by atomic mass is 10.2. The number of nitrogens with zero attached hydrogens (tertiary/aromatic N) is 4. The summed E-state index contributed by atoms with van der Waals surface area (Å²) < 4.78 is 20.7. The summed E-state index contributed by atoms with van der Waals surface area (Å²) in [7, 11) is 0. The summed E-state index contributed by atoms with van der Waals surface area (Å²) in [4.78, 5) is 11.9. The van der Waals surface area contributed by atoms with Gasteiger partial charge in [-0.2, -0.15) is 0 Å². The molecule has 0 saturated carbocycles. The quantitative estimate of drug-likeness (QED) is 0.829. The van der Waals surface area contributed by atoms with Crippen LogP contribution in [0.1, 0.15) is 12.6 Å². The summed E-state index contributed by atoms with van der Waals surface area (Å²) in [5, 5.41) is 9.21. The Labute approximate surface area is 106 Å². The standard InChI is InChI=1S/C10H10ClFN4O2/c11-8-7-9(14-3-13-8)16(4-15-7)10-6(12)1-5(2-17)18-10/h3-6,10,17H,1-2H2/t5-,6-,10+/m0/s1. The number of imidazole rings is 1. The predicted octanol–water partition coefficient (Wildman–Crippen LogP) is 1.10. The number of aliphatic hydroxyl groups is 1. The first-order valence-electron chi connectivity index (χ1n) is 5.44. The largest absolute Gasteiger partial charge is 0.394 e. The summed E-state index contributed by atoms with van der Waals surface area (Å²) in [5.41, 5.74) is 0.823. The van der Waals surface area contributed by atoms with E-state index >= 15 is 0 Å². The number of rotatable bonds is 2. The number of aliphatic hydroxyl groups excluding tert-OH is 1. The van der Waals surface area contributed by atoms with E-state index in [4.69, 9.17) is 21.4 Å². The van der Waals surface area contributed by atoms with Crippen LogP contribution in [0.2, 0.25) is 5.15 Å². The molecule has 0 bridgehead atoms. The third-order valence-corrected chi connectivity index (χ3v) is 3.20. The first kappa shape index (κ1) is 11.8. The van der Waals surface area contributed by atoms with Gasteiger partial charge in [0.15, 0.2) is 17.0 Å². The van der Waals surface area contributed by atoms with E-state index in [2.05, 4.69) is 15.0 Å². The minimum Gasteiger partial charge on any atom is -0.394 e. The molecule has 1 aliphatic rings. The molecular weight excluding hydrogens is 263 g/mol. The number of alkyl halides is 1. The van der Waals surface area contributed by atoms with Gasteiger partial charge < -0.3 is 9.84 Å². The zero-order valence-electron chi connectivity index (χ0n) is 9.20. The number of fused-ring (bicyclic) bond motifs is 1. The van der Waals surface area contributed by atoms with Crippen LogP contribution in [0, 0.1) is 0 Å². The van der Waals surface area contributed by atoms with Crippen LogP contribution in [0.25, 0.3) is 11.2 Å². The molecule has 0 unspecified atom stereocenters. The van der Waals surface area contributed by atoms with Gasteiger partial charge in [0.1, 0.15) is 18.0 Å². The van der Waals surface area contributed by atoms with Gasteiger partial charge in [-0.1, -0.05) is 11.6 Å². The van der Waals surface area contributed by atoms with Crippen molar-refractivity contribution >= 4 is 22.8 Å². The van der Waals surface area contributed by atoms with E-state index in [1.807, 2.05) is 0 Å². The van der Waals surface area contributed by atoms with Crippen molar-refractivity contribution in [1.29, 1.82) is 0 Å². The first-order chi connectivity index (χ1) is 8.70. The van der Waals surface area contributed by atoms with Crippen molar-refractivity contribution in [3.8, 4) is 0 Å². The molecule has 18 heavy (non-hydrogen) atoms. The minimum absolute atomic E-state index is 0.152. The zero-order valence-corrected chi connectivity index (χ0v) is 9.96. The van der Waals surface area contributed by atoms with Gasteiger partial charge in [0.25, 0.3) is 0 Å². The van der Waals surface area contributed by atoms with E-state index in [-0.39, 0.29) is 18.2 Å². The molecule has 8 heteroatoms. The maximum Gasteiger partial charge on any atom is 0.168 e. The molecule has 0 spiro atoms. The minimum atomic E-state index is -1.21. The van der Waals surface area contributed by atoms with Gasteiger partial charge in [-0.05, 0) is 0 Å². The summed E-state index contributed by atoms with van der Waals surface area (Å²) in [6, 6.07) is 0. The normalized spacial score (nSPS) is 28.1. The Morgan fingerprint density at radius 2 is 2.33 bits per heavy atom. The van der Waals surface area contributed by atoms with E-state index in [9.17, 15) is 4.39 Å². The molecule has 3 atom stereocenters. The fraction of sp³-hybridized carbons (Fsp3) is 0.500. The SMILES string of the molecule is OC[C@@H]1C[C@H](F)[C@H](n2cnc3c(Cl)ncnc32)O1. The second-order valence-electron chi connectivity index (χ2n) is 4.07. The Balaban J connectivity index is 2.02. The molecule has 96 valence electrons. The number of aromatic nitrogens is 4. The van der Waals surface area contributed by atoms with Gasteiger partial charge >= 0.3 is 0 Å². The van der Waals surface area contributed by atoms with Crippen LogP contribution in [0.15, 0.2) is 12.7 Å². The monoisotopic (exact) mass is 272 g/mol. The topological polar surface area (TPSA) is 73.1 Å². The van der Waals surface area contributed by atoms with Gasteiger partial charge in [-0.15, -0.1) is 0 Å². The van der Waals surface area contributed by atoms with Crippen LogP contribution in [-0.2, 0) is 4.74 Å². The summed E-state index contributed by atoms with van der Waals surface area (Å²) >= 11 is 5.87. The van der Waals surface area contributed by atoms with Gasteiger partial charge in [0.2, 0.25) is 0 Å². The average Bonchev–Trinajstić information content (AvgIpc) is 2.93. The molecule has 0 aromatic carbocycles. The predicted molar refractivity (Wildman–Crippen MR) is 60.8 cm³/mol. The molecule has 1 N–H and O–H groups in total. The van der Waals surface area contributed by atoms with Gasteiger partial charge in [0, 0.05) is 6.42 Å². The Hall–Kier alpha value is -1.31. The number of hydrogen-bond acceptors (Lipinski definition) is 5. The van der Waals surface area contributed by atoms with Crippen LogP contribution in [-0.4, -0.2) is 43.5 Å². The third-order valence-electron chi connectivity index (χ3n) is 2.92.